The van der Waals surface area contributed by atoms with Gasteiger partial charge in [0.05, 0.1) is 6.54 Å². The van der Waals surface area contributed by atoms with Gasteiger partial charge in [0.1, 0.15) is 0 Å². The number of rotatable bonds is 2. The number of nitrogens with two attached hydrogens (primary N) is 1. The summed E-state index contributed by atoms with van der Waals surface area (Å²) in [5.74, 6) is -0.0679. The van der Waals surface area contributed by atoms with Crippen LogP contribution in [0, 0.1) is 0 Å². The summed E-state index contributed by atoms with van der Waals surface area (Å²) in [6, 6.07) is 16.1. The van der Waals surface area contributed by atoms with Crippen LogP contribution in [0.15, 0.2) is 54.6 Å². The van der Waals surface area contributed by atoms with Crippen molar-refractivity contribution >= 4 is 29.0 Å². The third kappa shape index (κ3) is 5.32. The fourth-order valence-corrected chi connectivity index (χ4v) is 1.44. The zero-order chi connectivity index (χ0) is 13.4. The number of halogens is 2. The first-order chi connectivity index (χ1) is 8.63. The molecular weight excluding hydrogens is 269 g/mol. The number of ketones is 1. The molecular formula is C14H13Cl2NO. The molecule has 0 fully saturated rings. The number of hydrogen-bond donors (Lipinski definition) is 1. The van der Waals surface area contributed by atoms with Gasteiger partial charge in [0, 0.05) is 15.6 Å². The number of carbonyl (C=O) groups is 1. The fourth-order valence-electron chi connectivity index (χ4n) is 1.17. The van der Waals surface area contributed by atoms with E-state index in [1.165, 1.54) is 0 Å². The van der Waals surface area contributed by atoms with E-state index < -0.39 is 0 Å². The number of hydrogen-bond acceptors (Lipinski definition) is 2. The topological polar surface area (TPSA) is 43.1 Å². The highest BCUT2D eigenvalue weighted by Gasteiger charge is 2.00. The van der Waals surface area contributed by atoms with E-state index in [4.69, 9.17) is 28.9 Å². The first-order valence-electron chi connectivity index (χ1n) is 5.33. The second-order valence-corrected chi connectivity index (χ2v) is 4.30. The highest BCUT2D eigenvalue weighted by Crippen LogP contribution is 2.09. The molecule has 2 nitrogen and oxygen atoms in total. The number of carbonyl (C=O) groups excluding carboxylic acids is 1. The zero-order valence-electron chi connectivity index (χ0n) is 9.64. The normalized spacial score (nSPS) is 9.28. The van der Waals surface area contributed by atoms with Gasteiger partial charge in [-0.05, 0) is 36.4 Å². The number of Topliss-reactive ketones (excluding diaryl/α,β-unsaturated/α-hetero) is 1. The smallest absolute Gasteiger partial charge is 0.176 e. The maximum atomic E-state index is 11.0. The average Bonchev–Trinajstić information content (AvgIpc) is 2.40. The Morgan fingerprint density at radius 2 is 1.39 bits per heavy atom. The summed E-state index contributed by atoms with van der Waals surface area (Å²) in [4.78, 5) is 11.0. The molecule has 2 N–H and O–H groups in total. The molecule has 2 aromatic carbocycles. The lowest BCUT2D eigenvalue weighted by molar-refractivity contribution is 0.100. The summed E-state index contributed by atoms with van der Waals surface area (Å²) < 4.78 is 0. The first kappa shape index (κ1) is 14.7. The fraction of sp³-hybridized carbons (Fsp3) is 0.0714. The van der Waals surface area contributed by atoms with Gasteiger partial charge in [0.25, 0.3) is 0 Å². The molecule has 0 saturated heterocycles. The Balaban J connectivity index is 0.000000199. The van der Waals surface area contributed by atoms with Crippen LogP contribution in [0.3, 0.4) is 0 Å². The second kappa shape index (κ2) is 7.88. The molecule has 4 heteroatoms. The van der Waals surface area contributed by atoms with E-state index >= 15 is 0 Å². The van der Waals surface area contributed by atoms with E-state index in [0.717, 1.165) is 5.02 Å². The molecule has 18 heavy (non-hydrogen) atoms. The number of benzene rings is 2. The quantitative estimate of drug-likeness (QED) is 0.851. The molecule has 0 heterocycles. The predicted molar refractivity (Wildman–Crippen MR) is 76.3 cm³/mol. The van der Waals surface area contributed by atoms with Gasteiger partial charge < -0.3 is 5.73 Å². The molecule has 0 aliphatic rings. The van der Waals surface area contributed by atoms with Gasteiger partial charge in [-0.25, -0.2) is 0 Å². The summed E-state index contributed by atoms with van der Waals surface area (Å²) >= 11 is 11.2. The largest absolute Gasteiger partial charge is 0.324 e. The van der Waals surface area contributed by atoms with Crippen molar-refractivity contribution < 1.29 is 4.79 Å². The molecule has 0 atom stereocenters. The molecule has 0 amide bonds. The molecule has 0 saturated carbocycles. The lowest BCUT2D eigenvalue weighted by Gasteiger charge is -1.95. The van der Waals surface area contributed by atoms with Crippen LogP contribution in [-0.2, 0) is 0 Å². The van der Waals surface area contributed by atoms with E-state index in [1.54, 1.807) is 24.3 Å². The Hall–Kier alpha value is -1.35. The van der Waals surface area contributed by atoms with Gasteiger partial charge >= 0.3 is 0 Å². The Labute approximate surface area is 116 Å². The van der Waals surface area contributed by atoms with Gasteiger partial charge in [-0.3, -0.25) is 4.79 Å². The summed E-state index contributed by atoms with van der Waals surface area (Å²) in [5, 5.41) is 1.42. The van der Waals surface area contributed by atoms with Crippen LogP contribution < -0.4 is 5.73 Å². The van der Waals surface area contributed by atoms with Crippen LogP contribution in [0.1, 0.15) is 10.4 Å². The van der Waals surface area contributed by atoms with Crippen LogP contribution in [-0.4, -0.2) is 12.3 Å². The Kier molecular flexibility index (Phi) is 6.44. The van der Waals surface area contributed by atoms with Crippen molar-refractivity contribution in [2.45, 2.75) is 0 Å². The third-order valence-corrected chi connectivity index (χ3v) is 2.59. The van der Waals surface area contributed by atoms with Crippen molar-refractivity contribution in [1.29, 1.82) is 0 Å². The van der Waals surface area contributed by atoms with Crippen LogP contribution in [0.2, 0.25) is 10.0 Å². The van der Waals surface area contributed by atoms with Crippen molar-refractivity contribution in [3.8, 4) is 0 Å². The Morgan fingerprint density at radius 1 is 0.889 bits per heavy atom. The molecule has 0 aromatic heterocycles. The summed E-state index contributed by atoms with van der Waals surface area (Å²) in [5.41, 5.74) is 5.77. The molecule has 0 unspecified atom stereocenters. The first-order valence-corrected chi connectivity index (χ1v) is 6.08. The standard InChI is InChI=1S/C8H8ClNO.C6H5Cl/c9-7-3-1-6(2-4-7)8(11)5-10;7-6-4-2-1-3-5-6/h1-4H,5,10H2;1-5H. The lowest BCUT2D eigenvalue weighted by Crippen LogP contribution is -2.13. The van der Waals surface area contributed by atoms with E-state index in [-0.39, 0.29) is 12.3 Å². The van der Waals surface area contributed by atoms with Gasteiger partial charge in [-0.2, -0.15) is 0 Å². The lowest BCUT2D eigenvalue weighted by atomic mass is 10.1. The predicted octanol–water partition coefficient (Wildman–Crippen LogP) is 3.82. The molecule has 0 spiro atoms. The van der Waals surface area contributed by atoms with Crippen LogP contribution in [0.5, 0.6) is 0 Å². The SMILES string of the molecule is Clc1ccccc1.NCC(=O)c1ccc(Cl)cc1. The van der Waals surface area contributed by atoms with E-state index in [2.05, 4.69) is 0 Å². The zero-order valence-corrected chi connectivity index (χ0v) is 11.2. The third-order valence-electron chi connectivity index (χ3n) is 2.08. The van der Waals surface area contributed by atoms with Crippen LogP contribution in [0.25, 0.3) is 0 Å². The Morgan fingerprint density at radius 3 is 1.78 bits per heavy atom. The van der Waals surface area contributed by atoms with Crippen LogP contribution >= 0.6 is 23.2 Å². The minimum absolute atomic E-state index is 0.0433. The minimum atomic E-state index is -0.0679. The summed E-state index contributed by atoms with van der Waals surface area (Å²) in [7, 11) is 0. The van der Waals surface area contributed by atoms with Crippen molar-refractivity contribution in [1.82, 2.24) is 0 Å². The highest BCUT2D eigenvalue weighted by atomic mass is 35.5. The molecule has 0 radical (unpaired) electrons. The van der Waals surface area contributed by atoms with Gasteiger partial charge in [0.2, 0.25) is 0 Å². The monoisotopic (exact) mass is 281 g/mol. The van der Waals surface area contributed by atoms with Crippen molar-refractivity contribution in [2.24, 2.45) is 5.73 Å². The van der Waals surface area contributed by atoms with Gasteiger partial charge in [0.15, 0.2) is 5.78 Å². The van der Waals surface area contributed by atoms with E-state index in [0.29, 0.717) is 10.6 Å². The second-order valence-electron chi connectivity index (χ2n) is 3.43. The van der Waals surface area contributed by atoms with Crippen molar-refractivity contribution in [3.63, 3.8) is 0 Å². The van der Waals surface area contributed by atoms with Crippen molar-refractivity contribution in [2.75, 3.05) is 6.54 Å². The molecule has 2 rings (SSSR count). The van der Waals surface area contributed by atoms with Gasteiger partial charge in [-0.15, -0.1) is 0 Å². The molecule has 0 aliphatic heterocycles. The van der Waals surface area contributed by atoms with E-state index in [9.17, 15) is 4.79 Å². The molecule has 2 aromatic rings. The van der Waals surface area contributed by atoms with Gasteiger partial charge in [-0.1, -0.05) is 41.4 Å². The average molecular weight is 282 g/mol. The van der Waals surface area contributed by atoms with E-state index in [1.807, 2.05) is 30.3 Å². The Bertz CT molecular complexity index is 483. The summed E-state index contributed by atoms with van der Waals surface area (Å²) in [6.07, 6.45) is 0. The maximum absolute atomic E-state index is 11.0. The maximum Gasteiger partial charge on any atom is 0.176 e. The highest BCUT2D eigenvalue weighted by molar-refractivity contribution is 6.30. The molecule has 0 aliphatic carbocycles. The molecule has 0 bridgehead atoms. The molecule has 94 valence electrons. The van der Waals surface area contributed by atoms with Crippen molar-refractivity contribution in [3.05, 3.63) is 70.2 Å². The summed E-state index contributed by atoms with van der Waals surface area (Å²) in [6.45, 7) is 0.0433. The van der Waals surface area contributed by atoms with Crippen LogP contribution in [0.4, 0.5) is 0 Å². The minimum Gasteiger partial charge on any atom is -0.324 e.